The molecule has 1 saturated heterocycles. The molecular weight excluding hydrogens is 324 g/mol. The van der Waals surface area contributed by atoms with Gasteiger partial charge in [0, 0.05) is 42.7 Å². The average Bonchev–Trinajstić information content (AvgIpc) is 3.47. The largest absolute Gasteiger partial charge is 0.352 e. The second-order valence-electron chi connectivity index (χ2n) is 6.38. The molecule has 2 aliphatic rings. The Morgan fingerprint density at radius 2 is 1.83 bits per heavy atom. The van der Waals surface area contributed by atoms with Crippen molar-refractivity contribution in [3.63, 3.8) is 0 Å². The lowest BCUT2D eigenvalue weighted by Gasteiger charge is -2.35. The highest BCUT2D eigenvalue weighted by atomic mass is 35.5. The highest BCUT2D eigenvalue weighted by molar-refractivity contribution is 6.30. The molecule has 4 rings (SSSR count). The fourth-order valence-corrected chi connectivity index (χ4v) is 3.23. The molecule has 1 saturated carbocycles. The number of rotatable bonds is 3. The summed E-state index contributed by atoms with van der Waals surface area (Å²) in [6.45, 7) is 2.89. The third-order valence-corrected chi connectivity index (χ3v) is 4.86. The van der Waals surface area contributed by atoms with Crippen LogP contribution in [0.5, 0.6) is 0 Å². The van der Waals surface area contributed by atoms with Crippen LogP contribution in [0.1, 0.15) is 34.8 Å². The number of halogens is 1. The maximum atomic E-state index is 12.5. The predicted molar refractivity (Wildman–Crippen MR) is 93.6 cm³/mol. The molecule has 0 unspecified atom stereocenters. The number of aromatic nitrogens is 2. The van der Waals surface area contributed by atoms with Gasteiger partial charge >= 0.3 is 0 Å². The van der Waals surface area contributed by atoms with Crippen molar-refractivity contribution in [2.45, 2.75) is 18.8 Å². The minimum absolute atomic E-state index is 0.0346. The molecule has 24 heavy (non-hydrogen) atoms. The summed E-state index contributed by atoms with van der Waals surface area (Å²) in [4.78, 5) is 16.6. The minimum atomic E-state index is 0.0346. The Balaban J connectivity index is 1.38. The third-order valence-electron chi connectivity index (χ3n) is 4.63. The summed E-state index contributed by atoms with van der Waals surface area (Å²) in [5, 5.41) is 9.29. The first-order chi connectivity index (χ1) is 11.7. The van der Waals surface area contributed by atoms with Crippen molar-refractivity contribution in [3.05, 3.63) is 52.7 Å². The third kappa shape index (κ3) is 3.22. The van der Waals surface area contributed by atoms with Crippen LogP contribution >= 0.6 is 11.6 Å². The summed E-state index contributed by atoms with van der Waals surface area (Å²) < 4.78 is 0. The second kappa shape index (κ2) is 6.40. The van der Waals surface area contributed by atoms with Gasteiger partial charge in [0.05, 0.1) is 5.69 Å². The number of piperazine rings is 1. The van der Waals surface area contributed by atoms with Gasteiger partial charge in [0.25, 0.3) is 5.91 Å². The molecule has 5 nitrogen and oxygen atoms in total. The Labute approximate surface area is 146 Å². The number of hydrogen-bond donors (Lipinski definition) is 0. The summed E-state index contributed by atoms with van der Waals surface area (Å²) >= 11 is 5.98. The number of carbonyl (C=O) groups excluding carboxylic acids is 1. The van der Waals surface area contributed by atoms with Crippen molar-refractivity contribution in [1.29, 1.82) is 0 Å². The van der Waals surface area contributed by atoms with E-state index in [1.54, 1.807) is 12.1 Å². The van der Waals surface area contributed by atoms with Gasteiger partial charge in [-0.3, -0.25) is 4.79 Å². The number of amides is 1. The van der Waals surface area contributed by atoms with Crippen LogP contribution in [-0.4, -0.2) is 47.2 Å². The van der Waals surface area contributed by atoms with Gasteiger partial charge in [-0.1, -0.05) is 17.7 Å². The summed E-state index contributed by atoms with van der Waals surface area (Å²) in [6.07, 6.45) is 2.47. The molecule has 124 valence electrons. The van der Waals surface area contributed by atoms with Crippen molar-refractivity contribution in [2.75, 3.05) is 31.1 Å². The topological polar surface area (TPSA) is 49.3 Å². The fourth-order valence-electron chi connectivity index (χ4n) is 3.04. The second-order valence-corrected chi connectivity index (χ2v) is 6.82. The van der Waals surface area contributed by atoms with Crippen molar-refractivity contribution >= 4 is 23.3 Å². The Hall–Kier alpha value is -2.14. The Kier molecular flexibility index (Phi) is 4.10. The number of benzene rings is 1. The van der Waals surface area contributed by atoms with E-state index >= 15 is 0 Å². The zero-order valence-electron chi connectivity index (χ0n) is 13.4. The van der Waals surface area contributed by atoms with Gasteiger partial charge in [-0.05, 0) is 43.2 Å². The van der Waals surface area contributed by atoms with Gasteiger partial charge < -0.3 is 9.80 Å². The standard InChI is InChI=1S/C18H19ClN4O/c19-15-3-1-2-14(12-15)18(24)23-10-8-22(9-11-23)17-7-6-16(20-21-17)13-4-5-13/h1-3,6-7,12-13H,4-5,8-11H2. The van der Waals surface area contributed by atoms with Crippen LogP contribution in [0.3, 0.4) is 0 Å². The van der Waals surface area contributed by atoms with Crippen molar-refractivity contribution in [3.8, 4) is 0 Å². The molecule has 0 spiro atoms. The number of hydrogen-bond acceptors (Lipinski definition) is 4. The zero-order chi connectivity index (χ0) is 16.5. The van der Waals surface area contributed by atoms with Gasteiger partial charge in [-0.15, -0.1) is 5.10 Å². The van der Waals surface area contributed by atoms with Crippen LogP contribution in [0.4, 0.5) is 5.82 Å². The lowest BCUT2D eigenvalue weighted by atomic mass is 10.2. The van der Waals surface area contributed by atoms with Crippen LogP contribution in [0, 0.1) is 0 Å². The highest BCUT2D eigenvalue weighted by Crippen LogP contribution is 2.38. The maximum absolute atomic E-state index is 12.5. The number of nitrogens with zero attached hydrogens (tertiary/aromatic N) is 4. The number of carbonyl (C=O) groups is 1. The molecule has 1 aliphatic carbocycles. The van der Waals surface area contributed by atoms with Crippen LogP contribution < -0.4 is 4.90 Å². The zero-order valence-corrected chi connectivity index (χ0v) is 14.1. The normalized spacial score (nSPS) is 17.9. The summed E-state index contributed by atoms with van der Waals surface area (Å²) in [5.74, 6) is 1.56. The van der Waals surface area contributed by atoms with Crippen molar-refractivity contribution in [1.82, 2.24) is 15.1 Å². The molecular formula is C18H19ClN4O. The van der Waals surface area contributed by atoms with Crippen LogP contribution in [0.15, 0.2) is 36.4 Å². The lowest BCUT2D eigenvalue weighted by Crippen LogP contribution is -2.49. The lowest BCUT2D eigenvalue weighted by molar-refractivity contribution is 0.0746. The van der Waals surface area contributed by atoms with Crippen LogP contribution in [0.2, 0.25) is 5.02 Å². The van der Waals surface area contributed by atoms with E-state index in [0.717, 1.165) is 24.6 Å². The smallest absolute Gasteiger partial charge is 0.254 e. The molecule has 1 aromatic carbocycles. The SMILES string of the molecule is O=C(c1cccc(Cl)c1)N1CCN(c2ccc(C3CC3)nn2)CC1. The Bertz CT molecular complexity index is 737. The van der Waals surface area contributed by atoms with Gasteiger partial charge in [-0.2, -0.15) is 5.10 Å². The van der Waals surface area contributed by atoms with E-state index in [9.17, 15) is 4.79 Å². The van der Waals surface area contributed by atoms with Crippen molar-refractivity contribution in [2.24, 2.45) is 0 Å². The molecule has 1 aliphatic heterocycles. The van der Waals surface area contributed by atoms with Gasteiger partial charge in [0.2, 0.25) is 0 Å². The number of anilines is 1. The Morgan fingerprint density at radius 3 is 2.46 bits per heavy atom. The van der Waals surface area contributed by atoms with E-state index in [0.29, 0.717) is 29.6 Å². The molecule has 2 heterocycles. The molecule has 0 bridgehead atoms. The van der Waals surface area contributed by atoms with E-state index in [2.05, 4.69) is 27.2 Å². The van der Waals surface area contributed by atoms with E-state index in [1.807, 2.05) is 17.0 Å². The molecule has 6 heteroatoms. The van der Waals surface area contributed by atoms with E-state index in [4.69, 9.17) is 11.6 Å². The first-order valence-corrected chi connectivity index (χ1v) is 8.72. The van der Waals surface area contributed by atoms with E-state index in [1.165, 1.54) is 12.8 Å². The molecule has 1 amide bonds. The molecule has 0 radical (unpaired) electrons. The molecule has 0 N–H and O–H groups in total. The highest BCUT2D eigenvalue weighted by Gasteiger charge is 2.26. The molecule has 2 fully saturated rings. The summed E-state index contributed by atoms with van der Waals surface area (Å²) in [6, 6.07) is 11.3. The minimum Gasteiger partial charge on any atom is -0.352 e. The molecule has 1 aromatic heterocycles. The first-order valence-electron chi connectivity index (χ1n) is 8.34. The van der Waals surface area contributed by atoms with Gasteiger partial charge in [0.1, 0.15) is 0 Å². The molecule has 0 atom stereocenters. The summed E-state index contributed by atoms with van der Waals surface area (Å²) in [7, 11) is 0. The monoisotopic (exact) mass is 342 g/mol. The van der Waals surface area contributed by atoms with E-state index in [-0.39, 0.29) is 5.91 Å². The first kappa shape index (κ1) is 15.4. The van der Waals surface area contributed by atoms with Crippen LogP contribution in [0.25, 0.3) is 0 Å². The Morgan fingerprint density at radius 1 is 1.04 bits per heavy atom. The predicted octanol–water partition coefficient (Wildman–Crippen LogP) is 2.97. The average molecular weight is 343 g/mol. The fraction of sp³-hybridized carbons (Fsp3) is 0.389. The summed E-state index contributed by atoms with van der Waals surface area (Å²) in [5.41, 5.74) is 1.75. The van der Waals surface area contributed by atoms with Gasteiger partial charge in [-0.25, -0.2) is 0 Å². The molecule has 2 aromatic rings. The van der Waals surface area contributed by atoms with Gasteiger partial charge in [0.15, 0.2) is 5.82 Å². The maximum Gasteiger partial charge on any atom is 0.254 e. The van der Waals surface area contributed by atoms with Crippen molar-refractivity contribution < 1.29 is 4.79 Å². The van der Waals surface area contributed by atoms with Crippen LogP contribution in [-0.2, 0) is 0 Å². The quantitative estimate of drug-likeness (QED) is 0.860. The van der Waals surface area contributed by atoms with E-state index < -0.39 is 0 Å².